The SMILES string of the molecule is O=C(O)CC1(O)CN2CCC1C2. The maximum absolute atomic E-state index is 10.5. The van der Waals surface area contributed by atoms with Gasteiger partial charge in [0.25, 0.3) is 0 Å². The number of nitrogens with zero attached hydrogens (tertiary/aromatic N) is 1. The van der Waals surface area contributed by atoms with Gasteiger partial charge in [-0.2, -0.15) is 0 Å². The fourth-order valence-electron chi connectivity index (χ4n) is 2.39. The van der Waals surface area contributed by atoms with Crippen LogP contribution in [0.2, 0.25) is 0 Å². The second kappa shape index (κ2) is 2.44. The summed E-state index contributed by atoms with van der Waals surface area (Å²) < 4.78 is 0. The van der Waals surface area contributed by atoms with Crippen LogP contribution in [-0.2, 0) is 4.79 Å². The van der Waals surface area contributed by atoms with Crippen molar-refractivity contribution in [3.63, 3.8) is 0 Å². The van der Waals surface area contributed by atoms with Crippen molar-refractivity contribution in [2.45, 2.75) is 18.4 Å². The second-order valence-electron chi connectivity index (χ2n) is 3.89. The van der Waals surface area contributed by atoms with Gasteiger partial charge < -0.3 is 15.1 Å². The molecule has 4 heteroatoms. The van der Waals surface area contributed by atoms with Crippen molar-refractivity contribution in [3.8, 4) is 0 Å². The molecule has 2 aliphatic rings. The van der Waals surface area contributed by atoms with Crippen molar-refractivity contribution in [1.82, 2.24) is 4.90 Å². The number of hydrogen-bond donors (Lipinski definition) is 2. The molecule has 2 saturated heterocycles. The molecule has 0 spiro atoms. The maximum atomic E-state index is 10.5. The first-order valence-electron chi connectivity index (χ1n) is 4.27. The highest BCUT2D eigenvalue weighted by molar-refractivity contribution is 5.68. The predicted octanol–water partition coefficient (Wildman–Crippen LogP) is -0.472. The van der Waals surface area contributed by atoms with Crippen molar-refractivity contribution in [1.29, 1.82) is 0 Å². The summed E-state index contributed by atoms with van der Waals surface area (Å²) in [6.45, 7) is 2.44. The highest BCUT2D eigenvalue weighted by Gasteiger charge is 2.49. The van der Waals surface area contributed by atoms with Gasteiger partial charge in [-0.3, -0.25) is 4.79 Å². The van der Waals surface area contributed by atoms with Gasteiger partial charge in [-0.15, -0.1) is 0 Å². The lowest BCUT2D eigenvalue weighted by Crippen LogP contribution is -2.43. The summed E-state index contributed by atoms with van der Waals surface area (Å²) in [7, 11) is 0. The van der Waals surface area contributed by atoms with Crippen molar-refractivity contribution in [3.05, 3.63) is 0 Å². The molecule has 68 valence electrons. The molecular weight excluding hydrogens is 158 g/mol. The predicted molar refractivity (Wildman–Crippen MR) is 41.7 cm³/mol. The van der Waals surface area contributed by atoms with Crippen LogP contribution in [0.3, 0.4) is 0 Å². The highest BCUT2D eigenvalue weighted by atomic mass is 16.4. The van der Waals surface area contributed by atoms with Gasteiger partial charge in [-0.1, -0.05) is 0 Å². The van der Waals surface area contributed by atoms with Crippen molar-refractivity contribution < 1.29 is 15.0 Å². The summed E-state index contributed by atoms with van der Waals surface area (Å²) in [4.78, 5) is 12.6. The molecule has 2 heterocycles. The number of carboxylic acid groups (broad SMARTS) is 1. The third-order valence-corrected chi connectivity index (χ3v) is 2.99. The van der Waals surface area contributed by atoms with E-state index in [9.17, 15) is 9.90 Å². The Morgan fingerprint density at radius 1 is 1.67 bits per heavy atom. The standard InChI is InChI=1S/C8H13NO3/c10-7(11)3-8(12)5-9-2-1-6(8)4-9/h6,12H,1-5H2,(H,10,11). The highest BCUT2D eigenvalue weighted by Crippen LogP contribution is 2.38. The average molecular weight is 171 g/mol. The fraction of sp³-hybridized carbons (Fsp3) is 0.875. The van der Waals surface area contributed by atoms with E-state index in [2.05, 4.69) is 4.90 Å². The molecule has 4 nitrogen and oxygen atoms in total. The minimum absolute atomic E-state index is 0.103. The van der Waals surface area contributed by atoms with Crippen LogP contribution in [0.1, 0.15) is 12.8 Å². The minimum atomic E-state index is -0.940. The monoisotopic (exact) mass is 171 g/mol. The molecule has 3 atom stereocenters. The molecule has 2 aliphatic heterocycles. The maximum Gasteiger partial charge on any atom is 0.306 e. The van der Waals surface area contributed by atoms with Gasteiger partial charge in [0, 0.05) is 19.0 Å². The Morgan fingerprint density at radius 3 is 2.83 bits per heavy atom. The molecule has 0 aromatic rings. The van der Waals surface area contributed by atoms with Crippen LogP contribution in [0.5, 0.6) is 0 Å². The smallest absolute Gasteiger partial charge is 0.306 e. The lowest BCUT2D eigenvalue weighted by molar-refractivity contribution is -0.144. The zero-order chi connectivity index (χ0) is 8.77. The van der Waals surface area contributed by atoms with Crippen LogP contribution in [0, 0.1) is 5.92 Å². The number of carboxylic acids is 1. The van der Waals surface area contributed by atoms with Gasteiger partial charge in [0.2, 0.25) is 0 Å². The molecule has 0 amide bonds. The van der Waals surface area contributed by atoms with Gasteiger partial charge in [-0.25, -0.2) is 0 Å². The summed E-state index contributed by atoms with van der Waals surface area (Å²) in [6.07, 6.45) is 0.845. The van der Waals surface area contributed by atoms with E-state index in [0.717, 1.165) is 19.5 Å². The summed E-state index contributed by atoms with van der Waals surface area (Å²) >= 11 is 0. The number of aliphatic hydroxyl groups is 1. The first-order chi connectivity index (χ1) is 5.60. The third kappa shape index (κ3) is 1.11. The molecule has 2 bridgehead atoms. The minimum Gasteiger partial charge on any atom is -0.481 e. The quantitative estimate of drug-likeness (QED) is 0.589. The number of piperidine rings is 1. The van der Waals surface area contributed by atoms with Crippen LogP contribution in [0.4, 0.5) is 0 Å². The van der Waals surface area contributed by atoms with Crippen LogP contribution in [0.15, 0.2) is 0 Å². The Morgan fingerprint density at radius 2 is 2.42 bits per heavy atom. The van der Waals surface area contributed by atoms with Gasteiger partial charge >= 0.3 is 5.97 Å². The largest absolute Gasteiger partial charge is 0.481 e. The summed E-state index contributed by atoms with van der Waals surface area (Å²) in [5.74, 6) is -0.708. The average Bonchev–Trinajstić information content (AvgIpc) is 2.42. The molecule has 0 radical (unpaired) electrons. The molecule has 2 N–H and O–H groups in total. The zero-order valence-electron chi connectivity index (χ0n) is 6.86. The lowest BCUT2D eigenvalue weighted by atomic mass is 9.85. The molecule has 0 aromatic heterocycles. The lowest BCUT2D eigenvalue weighted by Gasteiger charge is -2.30. The van der Waals surface area contributed by atoms with E-state index in [-0.39, 0.29) is 12.3 Å². The molecule has 0 saturated carbocycles. The Kier molecular flexibility index (Phi) is 1.63. The van der Waals surface area contributed by atoms with E-state index in [1.165, 1.54) is 0 Å². The second-order valence-corrected chi connectivity index (χ2v) is 3.89. The van der Waals surface area contributed by atoms with Crippen LogP contribution >= 0.6 is 0 Å². The Hall–Kier alpha value is -0.610. The number of hydrogen-bond acceptors (Lipinski definition) is 3. The van der Waals surface area contributed by atoms with E-state index < -0.39 is 11.6 Å². The summed E-state index contributed by atoms with van der Waals surface area (Å²) in [5, 5.41) is 18.5. The fourth-order valence-corrected chi connectivity index (χ4v) is 2.39. The van der Waals surface area contributed by atoms with E-state index in [4.69, 9.17) is 5.11 Å². The molecule has 2 fully saturated rings. The van der Waals surface area contributed by atoms with Crippen molar-refractivity contribution in [2.24, 2.45) is 5.92 Å². The van der Waals surface area contributed by atoms with E-state index in [0.29, 0.717) is 6.54 Å². The van der Waals surface area contributed by atoms with Crippen LogP contribution in [0.25, 0.3) is 0 Å². The number of carbonyl (C=O) groups is 1. The zero-order valence-corrected chi connectivity index (χ0v) is 6.86. The normalized spacial score (nSPS) is 45.1. The first kappa shape index (κ1) is 8.01. The molecular formula is C8H13NO3. The first-order valence-corrected chi connectivity index (χ1v) is 4.27. The summed E-state index contributed by atoms with van der Waals surface area (Å²) in [6, 6.07) is 0. The van der Waals surface area contributed by atoms with E-state index >= 15 is 0 Å². The molecule has 12 heavy (non-hydrogen) atoms. The molecule has 0 aliphatic carbocycles. The van der Waals surface area contributed by atoms with Crippen molar-refractivity contribution >= 4 is 5.97 Å². The summed E-state index contributed by atoms with van der Waals surface area (Å²) in [5.41, 5.74) is -0.940. The van der Waals surface area contributed by atoms with E-state index in [1.54, 1.807) is 0 Å². The number of rotatable bonds is 2. The van der Waals surface area contributed by atoms with Gasteiger partial charge in [0.1, 0.15) is 0 Å². The van der Waals surface area contributed by atoms with Crippen LogP contribution < -0.4 is 0 Å². The Balaban J connectivity index is 2.07. The number of fused-ring (bicyclic) bond motifs is 2. The third-order valence-electron chi connectivity index (χ3n) is 2.99. The van der Waals surface area contributed by atoms with E-state index in [1.807, 2.05) is 0 Å². The Labute approximate surface area is 70.8 Å². The van der Waals surface area contributed by atoms with Gasteiger partial charge in [0.15, 0.2) is 0 Å². The van der Waals surface area contributed by atoms with Gasteiger partial charge in [0.05, 0.1) is 12.0 Å². The molecule has 2 rings (SSSR count). The molecule has 0 aromatic carbocycles. The molecule has 3 unspecified atom stereocenters. The van der Waals surface area contributed by atoms with Crippen molar-refractivity contribution in [2.75, 3.05) is 19.6 Å². The Bertz CT molecular complexity index is 218. The van der Waals surface area contributed by atoms with Crippen LogP contribution in [-0.4, -0.2) is 46.3 Å². The number of aliphatic carboxylic acids is 1. The van der Waals surface area contributed by atoms with Gasteiger partial charge in [-0.05, 0) is 13.0 Å². The topological polar surface area (TPSA) is 60.8 Å².